The summed E-state index contributed by atoms with van der Waals surface area (Å²) in [5, 5.41) is 0.470. The first-order chi connectivity index (χ1) is 9.11. The second-order valence-corrected chi connectivity index (χ2v) is 4.93. The van der Waals surface area contributed by atoms with Crippen LogP contribution in [0.25, 0.3) is 0 Å². The molecule has 0 saturated carbocycles. The average Bonchev–Trinajstić information content (AvgIpc) is 2.38. The molecule has 0 aliphatic carbocycles. The number of halogens is 1. The van der Waals surface area contributed by atoms with Crippen LogP contribution in [0, 0.1) is 13.8 Å². The Hall–Kier alpha value is -1.61. The van der Waals surface area contributed by atoms with E-state index in [1.807, 2.05) is 26.0 Å². The first kappa shape index (κ1) is 13.8. The third-order valence-corrected chi connectivity index (χ3v) is 3.23. The van der Waals surface area contributed by atoms with Gasteiger partial charge in [0.2, 0.25) is 5.88 Å². The van der Waals surface area contributed by atoms with Crippen molar-refractivity contribution < 1.29 is 4.74 Å². The van der Waals surface area contributed by atoms with Gasteiger partial charge in [0.1, 0.15) is 17.2 Å². The lowest BCUT2D eigenvalue weighted by atomic mass is 10.1. The summed E-state index contributed by atoms with van der Waals surface area (Å²) in [4.78, 5) is 8.22. The molecule has 0 aliphatic heterocycles. The lowest BCUT2D eigenvalue weighted by molar-refractivity contribution is 0.450. The molecule has 0 saturated heterocycles. The Morgan fingerprint density at radius 1 is 1.21 bits per heavy atom. The minimum absolute atomic E-state index is 0.470. The van der Waals surface area contributed by atoms with Crippen LogP contribution < -0.4 is 4.74 Å². The van der Waals surface area contributed by atoms with Gasteiger partial charge in [0.15, 0.2) is 0 Å². The predicted molar refractivity (Wildman–Crippen MR) is 77.0 cm³/mol. The maximum atomic E-state index is 6.11. The van der Waals surface area contributed by atoms with Crippen molar-refractivity contribution in [1.82, 2.24) is 9.97 Å². The quantitative estimate of drug-likeness (QED) is 0.772. The van der Waals surface area contributed by atoms with Gasteiger partial charge in [0.25, 0.3) is 0 Å². The second-order valence-electron chi connectivity index (χ2n) is 4.57. The molecule has 100 valence electrons. The molecule has 1 aromatic heterocycles. The summed E-state index contributed by atoms with van der Waals surface area (Å²) in [6.07, 6.45) is 3.21. The highest BCUT2D eigenvalue weighted by Crippen LogP contribution is 2.30. The highest BCUT2D eigenvalue weighted by Gasteiger charge is 2.12. The topological polar surface area (TPSA) is 35.0 Å². The van der Waals surface area contributed by atoms with Crippen LogP contribution in [0.3, 0.4) is 0 Å². The fourth-order valence-corrected chi connectivity index (χ4v) is 2.06. The van der Waals surface area contributed by atoms with E-state index in [2.05, 4.69) is 23.0 Å². The van der Waals surface area contributed by atoms with Gasteiger partial charge in [-0.05, 0) is 37.5 Å². The minimum Gasteiger partial charge on any atom is -0.438 e. The van der Waals surface area contributed by atoms with E-state index in [0.29, 0.717) is 11.0 Å². The van der Waals surface area contributed by atoms with Gasteiger partial charge >= 0.3 is 0 Å². The van der Waals surface area contributed by atoms with Crippen LogP contribution in [0.15, 0.2) is 24.5 Å². The molecule has 3 nitrogen and oxygen atoms in total. The molecular formula is C15H17ClN2O. The van der Waals surface area contributed by atoms with Gasteiger partial charge in [0, 0.05) is 0 Å². The van der Waals surface area contributed by atoms with Crippen molar-refractivity contribution in [2.75, 3.05) is 0 Å². The van der Waals surface area contributed by atoms with E-state index in [1.165, 1.54) is 6.33 Å². The van der Waals surface area contributed by atoms with Crippen LogP contribution in [-0.2, 0) is 6.42 Å². The van der Waals surface area contributed by atoms with Crippen LogP contribution in [0.1, 0.15) is 30.0 Å². The number of nitrogens with zero attached hydrogens (tertiary/aromatic N) is 2. The molecule has 0 N–H and O–H groups in total. The molecule has 0 spiro atoms. The van der Waals surface area contributed by atoms with Gasteiger partial charge in [0.05, 0.1) is 5.56 Å². The molecule has 19 heavy (non-hydrogen) atoms. The molecule has 1 aromatic carbocycles. The molecule has 0 amide bonds. The highest BCUT2D eigenvalue weighted by molar-refractivity contribution is 6.30. The van der Waals surface area contributed by atoms with Gasteiger partial charge in [-0.15, -0.1) is 0 Å². The Labute approximate surface area is 118 Å². The number of ether oxygens (including phenoxy) is 1. The van der Waals surface area contributed by atoms with Crippen molar-refractivity contribution in [3.05, 3.63) is 46.4 Å². The van der Waals surface area contributed by atoms with Crippen LogP contribution in [0.5, 0.6) is 11.6 Å². The molecule has 0 fully saturated rings. The Balaban J connectivity index is 2.37. The fraction of sp³-hybridized carbons (Fsp3) is 0.333. The van der Waals surface area contributed by atoms with Crippen molar-refractivity contribution in [2.24, 2.45) is 0 Å². The van der Waals surface area contributed by atoms with Crippen LogP contribution in [0.4, 0.5) is 0 Å². The third-order valence-electron chi connectivity index (χ3n) is 2.90. The molecular weight excluding hydrogens is 260 g/mol. The molecule has 0 atom stereocenters. The fourth-order valence-electron chi connectivity index (χ4n) is 1.85. The smallest absolute Gasteiger partial charge is 0.227 e. The first-order valence-electron chi connectivity index (χ1n) is 6.36. The number of hydrogen-bond donors (Lipinski definition) is 0. The highest BCUT2D eigenvalue weighted by atomic mass is 35.5. The third kappa shape index (κ3) is 3.24. The number of benzene rings is 1. The SMILES string of the molecule is CCCc1c(Cl)ncnc1Oc1cc(C)ccc1C. The minimum atomic E-state index is 0.470. The van der Waals surface area contributed by atoms with Crippen LogP contribution in [0.2, 0.25) is 5.15 Å². The Morgan fingerprint density at radius 3 is 2.74 bits per heavy atom. The van der Waals surface area contributed by atoms with Crippen molar-refractivity contribution in [1.29, 1.82) is 0 Å². The van der Waals surface area contributed by atoms with E-state index in [1.54, 1.807) is 0 Å². The molecule has 1 heterocycles. The van der Waals surface area contributed by atoms with E-state index >= 15 is 0 Å². The number of aromatic nitrogens is 2. The zero-order valence-corrected chi connectivity index (χ0v) is 12.2. The number of rotatable bonds is 4. The van der Waals surface area contributed by atoms with Gasteiger partial charge in [-0.25, -0.2) is 9.97 Å². The van der Waals surface area contributed by atoms with Gasteiger partial charge in [-0.1, -0.05) is 37.1 Å². The van der Waals surface area contributed by atoms with Gasteiger partial charge in [-0.3, -0.25) is 0 Å². The maximum absolute atomic E-state index is 6.11. The molecule has 0 radical (unpaired) electrons. The van der Waals surface area contributed by atoms with Crippen molar-refractivity contribution >= 4 is 11.6 Å². The second kappa shape index (κ2) is 6.02. The summed E-state index contributed by atoms with van der Waals surface area (Å²) in [6.45, 7) is 6.13. The van der Waals surface area contributed by atoms with Crippen molar-refractivity contribution in [2.45, 2.75) is 33.6 Å². The molecule has 0 bridgehead atoms. The normalized spacial score (nSPS) is 10.5. The zero-order chi connectivity index (χ0) is 13.8. The average molecular weight is 277 g/mol. The maximum Gasteiger partial charge on any atom is 0.227 e. The summed E-state index contributed by atoms with van der Waals surface area (Å²) in [5.41, 5.74) is 3.09. The largest absolute Gasteiger partial charge is 0.438 e. The van der Waals surface area contributed by atoms with Crippen molar-refractivity contribution in [3.63, 3.8) is 0 Å². The molecule has 4 heteroatoms. The Morgan fingerprint density at radius 2 is 2.00 bits per heavy atom. The summed E-state index contributed by atoms with van der Waals surface area (Å²) in [7, 11) is 0. The lowest BCUT2D eigenvalue weighted by Crippen LogP contribution is -1.99. The van der Waals surface area contributed by atoms with E-state index in [-0.39, 0.29) is 0 Å². The number of hydrogen-bond acceptors (Lipinski definition) is 3. The molecule has 2 rings (SSSR count). The van der Waals surface area contributed by atoms with Crippen molar-refractivity contribution in [3.8, 4) is 11.6 Å². The Bertz CT molecular complexity index is 584. The lowest BCUT2D eigenvalue weighted by Gasteiger charge is -2.12. The van der Waals surface area contributed by atoms with Gasteiger partial charge < -0.3 is 4.74 Å². The monoisotopic (exact) mass is 276 g/mol. The first-order valence-corrected chi connectivity index (χ1v) is 6.74. The summed E-state index contributed by atoms with van der Waals surface area (Å²) < 4.78 is 5.92. The van der Waals surface area contributed by atoms with Gasteiger partial charge in [-0.2, -0.15) is 0 Å². The summed E-state index contributed by atoms with van der Waals surface area (Å²) in [6, 6.07) is 6.09. The van der Waals surface area contributed by atoms with E-state index in [4.69, 9.17) is 16.3 Å². The van der Waals surface area contributed by atoms with Crippen LogP contribution >= 0.6 is 11.6 Å². The molecule has 2 aromatic rings. The standard InChI is InChI=1S/C15H17ClN2O/c1-4-5-12-14(16)17-9-18-15(12)19-13-8-10(2)6-7-11(13)3/h6-9H,4-5H2,1-3H3. The van der Waals surface area contributed by atoms with E-state index in [9.17, 15) is 0 Å². The van der Waals surface area contributed by atoms with E-state index in [0.717, 1.165) is 35.3 Å². The number of aryl methyl sites for hydroxylation is 2. The zero-order valence-electron chi connectivity index (χ0n) is 11.4. The molecule has 0 unspecified atom stereocenters. The molecule has 0 aliphatic rings. The van der Waals surface area contributed by atoms with E-state index < -0.39 is 0 Å². The summed E-state index contributed by atoms with van der Waals surface area (Å²) >= 11 is 6.11. The predicted octanol–water partition coefficient (Wildman–Crippen LogP) is 4.49. The Kier molecular flexibility index (Phi) is 4.38. The van der Waals surface area contributed by atoms with Crippen LogP contribution in [-0.4, -0.2) is 9.97 Å². The summed E-state index contributed by atoms with van der Waals surface area (Å²) in [5.74, 6) is 1.36.